The lowest BCUT2D eigenvalue weighted by atomic mass is 10.1. The van der Waals surface area contributed by atoms with E-state index in [-0.39, 0.29) is 48.3 Å². The minimum atomic E-state index is -3.66. The molecule has 1 saturated heterocycles. The predicted molar refractivity (Wildman–Crippen MR) is 104 cm³/mol. The summed E-state index contributed by atoms with van der Waals surface area (Å²) in [4.78, 5) is 14.5. The van der Waals surface area contributed by atoms with Crippen molar-refractivity contribution in [1.29, 1.82) is 0 Å². The second kappa shape index (κ2) is 8.46. The van der Waals surface area contributed by atoms with E-state index >= 15 is 0 Å². The first-order valence-electron chi connectivity index (χ1n) is 9.10. The molecule has 0 unspecified atom stereocenters. The van der Waals surface area contributed by atoms with Crippen LogP contribution in [0.2, 0.25) is 0 Å². The van der Waals surface area contributed by atoms with Crippen LogP contribution in [0.25, 0.3) is 0 Å². The normalized spacial score (nSPS) is 15.6. The highest BCUT2D eigenvalue weighted by Crippen LogP contribution is 2.23. The van der Waals surface area contributed by atoms with E-state index in [9.17, 15) is 22.0 Å². The van der Waals surface area contributed by atoms with Crippen molar-refractivity contribution < 1.29 is 26.7 Å². The second-order valence-electron chi connectivity index (χ2n) is 6.87. The maximum atomic E-state index is 13.0. The third-order valence-corrected chi connectivity index (χ3v) is 6.83. The van der Waals surface area contributed by atoms with Gasteiger partial charge in [-0.2, -0.15) is 13.1 Å². The molecule has 156 valence electrons. The number of alkyl halides is 2. The molecule has 0 radical (unpaired) electrons. The molecular weight excluding hydrogens is 402 g/mol. The quantitative estimate of drug-likeness (QED) is 0.740. The Morgan fingerprint density at radius 2 is 1.72 bits per heavy atom. The summed E-state index contributed by atoms with van der Waals surface area (Å²) in [7, 11) is -3.66. The van der Waals surface area contributed by atoms with Crippen LogP contribution in [-0.4, -0.2) is 56.3 Å². The highest BCUT2D eigenvalue weighted by Gasteiger charge is 2.31. The summed E-state index contributed by atoms with van der Waals surface area (Å²) >= 11 is 0. The molecule has 0 aliphatic carbocycles. The van der Waals surface area contributed by atoms with Crippen LogP contribution < -0.4 is 4.74 Å². The number of carbonyl (C=O) groups excluding carboxylic acids is 1. The van der Waals surface area contributed by atoms with Crippen LogP contribution in [0.5, 0.6) is 5.75 Å². The molecule has 9 heteroatoms. The van der Waals surface area contributed by atoms with Crippen LogP contribution >= 0.6 is 0 Å². The molecule has 1 amide bonds. The molecule has 3 rings (SSSR count). The van der Waals surface area contributed by atoms with Gasteiger partial charge >= 0.3 is 6.61 Å². The van der Waals surface area contributed by atoms with E-state index in [1.807, 2.05) is 13.0 Å². The van der Waals surface area contributed by atoms with Crippen molar-refractivity contribution >= 4 is 15.9 Å². The summed E-state index contributed by atoms with van der Waals surface area (Å²) in [5.74, 6) is -0.449. The number of carbonyl (C=O) groups is 1. The Kier molecular flexibility index (Phi) is 6.18. The van der Waals surface area contributed by atoms with Crippen LogP contribution in [0.4, 0.5) is 8.78 Å². The van der Waals surface area contributed by atoms with Gasteiger partial charge in [-0.05, 0) is 49.2 Å². The summed E-state index contributed by atoms with van der Waals surface area (Å²) in [6.07, 6.45) is 0. The predicted octanol–water partition coefficient (Wildman–Crippen LogP) is 3.05. The van der Waals surface area contributed by atoms with Crippen molar-refractivity contribution in [1.82, 2.24) is 9.21 Å². The third-order valence-electron chi connectivity index (χ3n) is 4.79. The van der Waals surface area contributed by atoms with Gasteiger partial charge in [0, 0.05) is 31.7 Å². The van der Waals surface area contributed by atoms with Crippen molar-refractivity contribution in [2.75, 3.05) is 26.2 Å². The minimum absolute atomic E-state index is 0.0954. The minimum Gasteiger partial charge on any atom is -0.435 e. The number of rotatable bonds is 5. The van der Waals surface area contributed by atoms with Crippen molar-refractivity contribution in [3.05, 3.63) is 59.2 Å². The van der Waals surface area contributed by atoms with Gasteiger partial charge in [0.05, 0.1) is 4.90 Å². The Morgan fingerprint density at radius 3 is 2.38 bits per heavy atom. The van der Waals surface area contributed by atoms with E-state index in [1.165, 1.54) is 33.5 Å². The number of sulfonamides is 1. The van der Waals surface area contributed by atoms with Crippen LogP contribution in [0.15, 0.2) is 47.4 Å². The first kappa shape index (κ1) is 21.2. The largest absolute Gasteiger partial charge is 0.435 e. The number of halogens is 2. The number of amides is 1. The molecule has 0 aromatic heterocycles. The molecule has 0 bridgehead atoms. The fourth-order valence-electron chi connectivity index (χ4n) is 3.24. The smallest absolute Gasteiger partial charge is 0.387 e. The molecule has 1 aliphatic heterocycles. The molecule has 2 aromatic rings. The lowest BCUT2D eigenvalue weighted by Gasteiger charge is -2.34. The van der Waals surface area contributed by atoms with E-state index in [0.717, 1.165) is 5.56 Å². The van der Waals surface area contributed by atoms with Crippen LogP contribution in [0.3, 0.4) is 0 Å². The lowest BCUT2D eigenvalue weighted by Crippen LogP contribution is -2.50. The molecular formula is C20H22F2N2O4S. The first-order chi connectivity index (χ1) is 13.7. The lowest BCUT2D eigenvalue weighted by molar-refractivity contribution is -0.0499. The SMILES string of the molecule is Cc1ccc(C)c(S(=O)(=O)N2CCN(C(=O)c3cccc(OC(F)F)c3)CC2)c1. The number of hydrogen-bond donors (Lipinski definition) is 0. The maximum absolute atomic E-state index is 13.0. The zero-order valence-electron chi connectivity index (χ0n) is 16.1. The fourth-order valence-corrected chi connectivity index (χ4v) is 4.98. The van der Waals surface area contributed by atoms with Gasteiger partial charge in [0.15, 0.2) is 0 Å². The zero-order chi connectivity index (χ0) is 21.2. The van der Waals surface area contributed by atoms with Gasteiger partial charge in [-0.3, -0.25) is 4.79 Å². The van der Waals surface area contributed by atoms with Gasteiger partial charge in [-0.25, -0.2) is 8.42 Å². The summed E-state index contributed by atoms with van der Waals surface area (Å²) in [5, 5.41) is 0. The Labute approximate surface area is 168 Å². The second-order valence-corrected chi connectivity index (χ2v) is 8.78. The third kappa shape index (κ3) is 4.73. The Morgan fingerprint density at radius 1 is 1.03 bits per heavy atom. The van der Waals surface area contributed by atoms with Gasteiger partial charge < -0.3 is 9.64 Å². The molecule has 2 aromatic carbocycles. The summed E-state index contributed by atoms with van der Waals surface area (Å²) < 4.78 is 56.4. The van der Waals surface area contributed by atoms with E-state index in [4.69, 9.17) is 0 Å². The van der Waals surface area contributed by atoms with Crippen molar-refractivity contribution in [3.8, 4) is 5.75 Å². The molecule has 29 heavy (non-hydrogen) atoms. The van der Waals surface area contributed by atoms with E-state index < -0.39 is 16.6 Å². The van der Waals surface area contributed by atoms with E-state index in [1.54, 1.807) is 19.1 Å². The van der Waals surface area contributed by atoms with Crippen molar-refractivity contribution in [2.45, 2.75) is 25.4 Å². The molecule has 0 spiro atoms. The number of benzene rings is 2. The highest BCUT2D eigenvalue weighted by molar-refractivity contribution is 7.89. The van der Waals surface area contributed by atoms with Gasteiger partial charge in [-0.1, -0.05) is 18.2 Å². The average molecular weight is 424 g/mol. The summed E-state index contributed by atoms with van der Waals surface area (Å²) in [5.41, 5.74) is 1.74. The number of nitrogens with zero attached hydrogens (tertiary/aromatic N) is 2. The molecule has 1 aliphatic rings. The first-order valence-corrected chi connectivity index (χ1v) is 10.5. The van der Waals surface area contributed by atoms with Crippen molar-refractivity contribution in [2.24, 2.45) is 0 Å². The van der Waals surface area contributed by atoms with E-state index in [2.05, 4.69) is 4.74 Å². The number of ether oxygens (including phenoxy) is 1. The molecule has 1 heterocycles. The van der Waals surface area contributed by atoms with Gasteiger partial charge in [0.2, 0.25) is 10.0 Å². The maximum Gasteiger partial charge on any atom is 0.387 e. The number of hydrogen-bond acceptors (Lipinski definition) is 4. The molecule has 1 fully saturated rings. The molecule has 0 N–H and O–H groups in total. The standard InChI is InChI=1S/C20H22F2N2O4S/c1-14-6-7-15(2)18(12-14)29(26,27)24-10-8-23(9-11-24)19(25)16-4-3-5-17(13-16)28-20(21)22/h3-7,12-13,20H,8-11H2,1-2H3. The Balaban J connectivity index is 1.70. The van der Waals surface area contributed by atoms with Gasteiger partial charge in [0.1, 0.15) is 5.75 Å². The van der Waals surface area contributed by atoms with Gasteiger partial charge in [0.25, 0.3) is 5.91 Å². The van der Waals surface area contributed by atoms with Crippen LogP contribution in [-0.2, 0) is 10.0 Å². The molecule has 0 saturated carbocycles. The highest BCUT2D eigenvalue weighted by atomic mass is 32.2. The Hall–Kier alpha value is -2.52. The zero-order valence-corrected chi connectivity index (χ0v) is 17.0. The topological polar surface area (TPSA) is 66.9 Å². The Bertz CT molecular complexity index is 1000. The number of piperazine rings is 1. The average Bonchev–Trinajstić information content (AvgIpc) is 2.69. The van der Waals surface area contributed by atoms with Crippen molar-refractivity contribution in [3.63, 3.8) is 0 Å². The molecule has 0 atom stereocenters. The molecule has 6 nitrogen and oxygen atoms in total. The van der Waals surface area contributed by atoms with Gasteiger partial charge in [-0.15, -0.1) is 0 Å². The summed E-state index contributed by atoms with van der Waals surface area (Å²) in [6.45, 7) is 1.36. The fraction of sp³-hybridized carbons (Fsp3) is 0.350. The monoisotopic (exact) mass is 424 g/mol. The van der Waals surface area contributed by atoms with Crippen LogP contribution in [0, 0.1) is 13.8 Å². The van der Waals surface area contributed by atoms with Crippen LogP contribution in [0.1, 0.15) is 21.5 Å². The number of aryl methyl sites for hydroxylation is 2. The van der Waals surface area contributed by atoms with E-state index in [0.29, 0.717) is 5.56 Å². The summed E-state index contributed by atoms with van der Waals surface area (Å²) in [6, 6.07) is 10.9.